The van der Waals surface area contributed by atoms with Crippen LogP contribution in [0.5, 0.6) is 0 Å². The minimum absolute atomic E-state index is 0.0134. The van der Waals surface area contributed by atoms with Gasteiger partial charge in [-0.05, 0) is 12.1 Å². The Hall–Kier alpha value is -2.64. The first-order chi connectivity index (χ1) is 9.45. The maximum atomic E-state index is 12.5. The fraction of sp³-hybridized carbons (Fsp3) is 0.0833. The third-order valence-electron chi connectivity index (χ3n) is 2.79. The number of nitrogens with zero attached hydrogens (tertiary/aromatic N) is 3. The highest BCUT2D eigenvalue weighted by Gasteiger charge is 2.30. The van der Waals surface area contributed by atoms with E-state index >= 15 is 0 Å². The SMILES string of the molecule is Nc1nc(-c2ccc(C(F)(F)F)cc2)c2[nH]cnc2n1. The summed E-state index contributed by atoms with van der Waals surface area (Å²) in [6.45, 7) is 0. The molecule has 0 aliphatic rings. The average Bonchev–Trinajstić information content (AvgIpc) is 2.85. The summed E-state index contributed by atoms with van der Waals surface area (Å²) in [6, 6.07) is 4.67. The number of nitrogen functional groups attached to an aromatic ring is 1. The number of benzene rings is 1. The summed E-state index contributed by atoms with van der Waals surface area (Å²) in [7, 11) is 0. The van der Waals surface area contributed by atoms with Gasteiger partial charge in [-0.1, -0.05) is 12.1 Å². The van der Waals surface area contributed by atoms with Crippen LogP contribution in [-0.2, 0) is 6.18 Å². The molecular weight excluding hydrogens is 271 g/mol. The molecule has 0 amide bonds. The van der Waals surface area contributed by atoms with Crippen LogP contribution in [0.1, 0.15) is 5.56 Å². The number of fused-ring (bicyclic) bond motifs is 1. The molecule has 0 fully saturated rings. The van der Waals surface area contributed by atoms with Gasteiger partial charge in [-0.2, -0.15) is 18.2 Å². The zero-order chi connectivity index (χ0) is 14.3. The maximum absolute atomic E-state index is 12.5. The fourth-order valence-corrected chi connectivity index (χ4v) is 1.88. The topological polar surface area (TPSA) is 80.5 Å². The van der Waals surface area contributed by atoms with Crippen molar-refractivity contribution in [3.05, 3.63) is 36.2 Å². The number of aromatic amines is 1. The van der Waals surface area contributed by atoms with Gasteiger partial charge < -0.3 is 10.7 Å². The number of nitrogens with two attached hydrogens (primary N) is 1. The van der Waals surface area contributed by atoms with E-state index in [1.54, 1.807) is 0 Å². The lowest BCUT2D eigenvalue weighted by atomic mass is 10.1. The molecule has 0 saturated heterocycles. The summed E-state index contributed by atoms with van der Waals surface area (Å²) in [4.78, 5) is 14.8. The van der Waals surface area contributed by atoms with Crippen molar-refractivity contribution in [2.45, 2.75) is 6.18 Å². The van der Waals surface area contributed by atoms with Crippen molar-refractivity contribution in [2.75, 3.05) is 5.73 Å². The molecule has 2 aromatic heterocycles. The number of aromatic nitrogens is 4. The van der Waals surface area contributed by atoms with Gasteiger partial charge in [-0.3, -0.25) is 0 Å². The van der Waals surface area contributed by atoms with Gasteiger partial charge in [0.25, 0.3) is 0 Å². The number of rotatable bonds is 1. The molecule has 3 rings (SSSR count). The Morgan fingerprint density at radius 2 is 1.75 bits per heavy atom. The third-order valence-corrected chi connectivity index (χ3v) is 2.79. The van der Waals surface area contributed by atoms with Crippen LogP contribution in [-0.4, -0.2) is 19.9 Å². The molecule has 0 radical (unpaired) electrons. The first-order valence-electron chi connectivity index (χ1n) is 5.59. The van der Waals surface area contributed by atoms with Crippen LogP contribution in [0.4, 0.5) is 19.1 Å². The number of anilines is 1. The number of halogens is 3. The zero-order valence-corrected chi connectivity index (χ0v) is 9.94. The molecule has 5 nitrogen and oxygen atoms in total. The number of H-pyrrole nitrogens is 1. The highest BCUT2D eigenvalue weighted by atomic mass is 19.4. The Morgan fingerprint density at radius 3 is 2.40 bits per heavy atom. The van der Waals surface area contributed by atoms with Gasteiger partial charge in [-0.25, -0.2) is 9.97 Å². The molecule has 3 N–H and O–H groups in total. The van der Waals surface area contributed by atoms with E-state index in [2.05, 4.69) is 19.9 Å². The standard InChI is InChI=1S/C12H8F3N5/c13-12(14,15)7-3-1-6(2-4-7)8-9-10(18-5-17-9)20-11(16)19-8/h1-5H,(H3,16,17,18,19,20). The molecule has 0 unspecified atom stereocenters. The molecule has 3 aromatic rings. The van der Waals surface area contributed by atoms with Gasteiger partial charge in [0.1, 0.15) is 11.2 Å². The fourth-order valence-electron chi connectivity index (χ4n) is 1.88. The summed E-state index contributed by atoms with van der Waals surface area (Å²) in [5.74, 6) is 0.0134. The lowest BCUT2D eigenvalue weighted by molar-refractivity contribution is -0.137. The second-order valence-corrected chi connectivity index (χ2v) is 4.11. The van der Waals surface area contributed by atoms with Gasteiger partial charge in [0, 0.05) is 5.56 Å². The number of hydrogen-bond donors (Lipinski definition) is 2. The molecule has 0 bridgehead atoms. The number of alkyl halides is 3. The normalized spacial score (nSPS) is 11.9. The Kier molecular flexibility index (Phi) is 2.60. The molecule has 0 aliphatic heterocycles. The van der Waals surface area contributed by atoms with E-state index in [1.807, 2.05) is 0 Å². The van der Waals surface area contributed by atoms with E-state index in [1.165, 1.54) is 18.5 Å². The first-order valence-corrected chi connectivity index (χ1v) is 5.59. The molecule has 8 heteroatoms. The summed E-state index contributed by atoms with van der Waals surface area (Å²) in [6.07, 6.45) is -2.95. The van der Waals surface area contributed by atoms with Crippen molar-refractivity contribution in [3.8, 4) is 11.3 Å². The maximum Gasteiger partial charge on any atom is 0.416 e. The lowest BCUT2D eigenvalue weighted by Crippen LogP contribution is -2.04. The van der Waals surface area contributed by atoms with Crippen LogP contribution < -0.4 is 5.73 Å². The molecule has 0 aliphatic carbocycles. The van der Waals surface area contributed by atoms with Gasteiger partial charge in [0.05, 0.1) is 11.9 Å². The highest BCUT2D eigenvalue weighted by Crippen LogP contribution is 2.31. The molecule has 20 heavy (non-hydrogen) atoms. The molecule has 102 valence electrons. The number of nitrogens with one attached hydrogen (secondary N) is 1. The van der Waals surface area contributed by atoms with E-state index in [-0.39, 0.29) is 5.95 Å². The van der Waals surface area contributed by atoms with Crippen molar-refractivity contribution in [2.24, 2.45) is 0 Å². The summed E-state index contributed by atoms with van der Waals surface area (Å²) >= 11 is 0. The van der Waals surface area contributed by atoms with Crippen LogP contribution >= 0.6 is 0 Å². The van der Waals surface area contributed by atoms with Crippen LogP contribution in [0.3, 0.4) is 0 Å². The Bertz CT molecular complexity index is 761. The molecule has 0 spiro atoms. The third kappa shape index (κ3) is 2.04. The van der Waals surface area contributed by atoms with Crippen molar-refractivity contribution in [1.82, 2.24) is 19.9 Å². The predicted molar refractivity (Wildman–Crippen MR) is 66.5 cm³/mol. The molecular formula is C12H8F3N5. The van der Waals surface area contributed by atoms with E-state index in [0.29, 0.717) is 22.4 Å². The van der Waals surface area contributed by atoms with E-state index in [0.717, 1.165) is 12.1 Å². The minimum Gasteiger partial charge on any atom is -0.368 e. The van der Waals surface area contributed by atoms with E-state index in [9.17, 15) is 13.2 Å². The summed E-state index contributed by atoms with van der Waals surface area (Å²) in [5, 5.41) is 0. The monoisotopic (exact) mass is 279 g/mol. The molecule has 0 atom stereocenters. The largest absolute Gasteiger partial charge is 0.416 e. The van der Waals surface area contributed by atoms with Crippen molar-refractivity contribution in [3.63, 3.8) is 0 Å². The number of hydrogen-bond acceptors (Lipinski definition) is 4. The van der Waals surface area contributed by atoms with Gasteiger partial charge in [0.2, 0.25) is 5.95 Å². The zero-order valence-electron chi connectivity index (χ0n) is 9.94. The van der Waals surface area contributed by atoms with E-state index < -0.39 is 11.7 Å². The lowest BCUT2D eigenvalue weighted by Gasteiger charge is -2.08. The predicted octanol–water partition coefficient (Wildman–Crippen LogP) is 2.62. The van der Waals surface area contributed by atoms with Crippen LogP contribution in [0.25, 0.3) is 22.4 Å². The van der Waals surface area contributed by atoms with Crippen molar-refractivity contribution >= 4 is 17.1 Å². The Balaban J connectivity index is 2.14. The quantitative estimate of drug-likeness (QED) is 0.717. The first kappa shape index (κ1) is 12.4. The second-order valence-electron chi connectivity index (χ2n) is 4.11. The Morgan fingerprint density at radius 1 is 1.05 bits per heavy atom. The highest BCUT2D eigenvalue weighted by molar-refractivity contribution is 5.87. The molecule has 2 heterocycles. The van der Waals surface area contributed by atoms with Crippen LogP contribution in [0, 0.1) is 0 Å². The van der Waals surface area contributed by atoms with E-state index in [4.69, 9.17) is 5.73 Å². The molecule has 0 saturated carbocycles. The number of imidazole rings is 1. The summed E-state index contributed by atoms with van der Waals surface area (Å²) in [5.41, 5.74) is 6.66. The van der Waals surface area contributed by atoms with Gasteiger partial charge >= 0.3 is 6.18 Å². The van der Waals surface area contributed by atoms with Crippen LogP contribution in [0.15, 0.2) is 30.6 Å². The van der Waals surface area contributed by atoms with Crippen molar-refractivity contribution in [1.29, 1.82) is 0 Å². The Labute approximate surface area is 110 Å². The second kappa shape index (κ2) is 4.19. The van der Waals surface area contributed by atoms with Crippen LogP contribution in [0.2, 0.25) is 0 Å². The van der Waals surface area contributed by atoms with Gasteiger partial charge in [0.15, 0.2) is 5.65 Å². The van der Waals surface area contributed by atoms with Gasteiger partial charge in [-0.15, -0.1) is 0 Å². The smallest absolute Gasteiger partial charge is 0.368 e. The summed E-state index contributed by atoms with van der Waals surface area (Å²) < 4.78 is 37.6. The van der Waals surface area contributed by atoms with Crippen molar-refractivity contribution < 1.29 is 13.2 Å². The molecule has 1 aromatic carbocycles. The minimum atomic E-state index is -4.37. The average molecular weight is 279 g/mol.